The Labute approximate surface area is 478 Å². The number of carboxylic acid groups (broad SMARTS) is 3. The van der Waals surface area contributed by atoms with Gasteiger partial charge in [-0.15, -0.1) is 10.2 Å². The number of aryl methyl sites for hydroxylation is 1. The van der Waals surface area contributed by atoms with E-state index in [0.717, 1.165) is 44.3 Å². The van der Waals surface area contributed by atoms with E-state index in [4.69, 9.17) is 9.47 Å². The lowest BCUT2D eigenvalue weighted by Crippen LogP contribution is -2.44. The number of carbonyl (C=O) groups excluding carboxylic acids is 7. The molecular weight excluding hydrogens is 1080 g/mol. The maximum absolute atomic E-state index is 12.6. The molecule has 0 radical (unpaired) electrons. The third-order valence-corrected chi connectivity index (χ3v) is 15.0. The molecule has 1 rings (SSSR count). The Kier molecular flexibility index (Phi) is 39.7. The number of tetrazole rings is 1. The molecule has 3 atom stereocenters. The van der Waals surface area contributed by atoms with Crippen molar-refractivity contribution >= 4 is 68.7 Å². The van der Waals surface area contributed by atoms with E-state index in [0.29, 0.717) is 38.6 Å². The molecule has 0 aliphatic rings. The number of amides is 4. The van der Waals surface area contributed by atoms with Crippen LogP contribution in [0.5, 0.6) is 0 Å². The third kappa shape index (κ3) is 41.0. The second kappa shape index (κ2) is 43.9. The van der Waals surface area contributed by atoms with Gasteiger partial charge in [0.1, 0.15) is 41.8 Å². The number of aromatic amines is 1. The molecule has 81 heavy (non-hydrogen) atoms. The van der Waals surface area contributed by atoms with Gasteiger partial charge < -0.3 is 46.1 Å². The summed E-state index contributed by atoms with van der Waals surface area (Å²) in [7, 11) is -3.68. The van der Waals surface area contributed by atoms with Crippen LogP contribution < -0.4 is 21.3 Å². The zero-order valence-electron chi connectivity index (χ0n) is 48.2. The molecule has 26 heteroatoms. The predicted molar refractivity (Wildman–Crippen MR) is 300 cm³/mol. The summed E-state index contributed by atoms with van der Waals surface area (Å²) in [5.41, 5.74) is -0.616. The monoisotopic (exact) mass is 1170 g/mol. The maximum Gasteiger partial charge on any atom is 0.326 e. The lowest BCUT2D eigenvalue weighted by Gasteiger charge is -2.19. The van der Waals surface area contributed by atoms with Gasteiger partial charge in [-0.25, -0.2) is 18.0 Å². The molecule has 1 aromatic rings. The molecule has 0 aliphatic carbocycles. The van der Waals surface area contributed by atoms with Crippen LogP contribution in [-0.4, -0.2) is 166 Å². The molecule has 4 amide bonds. The number of hydrogen-bond donors (Lipinski definition) is 8. The van der Waals surface area contributed by atoms with Crippen molar-refractivity contribution in [3.63, 3.8) is 0 Å². The van der Waals surface area contributed by atoms with Gasteiger partial charge in [0.15, 0.2) is 15.7 Å². The second-order valence-electron chi connectivity index (χ2n) is 21.7. The van der Waals surface area contributed by atoms with Crippen LogP contribution in [0.3, 0.4) is 0 Å². The smallest absolute Gasteiger partial charge is 0.326 e. The largest absolute Gasteiger partial charge is 0.481 e. The van der Waals surface area contributed by atoms with Gasteiger partial charge >= 0.3 is 17.9 Å². The van der Waals surface area contributed by atoms with Crippen molar-refractivity contribution in [2.75, 3.05) is 51.0 Å². The van der Waals surface area contributed by atoms with Crippen LogP contribution >= 0.6 is 0 Å². The van der Waals surface area contributed by atoms with E-state index in [2.05, 4.69) is 41.9 Å². The molecule has 0 saturated heterocycles. The standard InChI is InChI=1S/C55H94N8O17S.H2/c1-55(2,3)46(66)38-41(52(71)72)22-17-18-32-57-51(70)39-80-36-35-79-34-20-24-42(64)28-29-44(53(73)74)59-50(69)31-30-45(54(75)76)58-49(68)26-19-33-56-48(67)27-21-37-81(77,78)40-43(65)23-15-13-11-9-7-5-4-6-8-10-12-14-16-25-47-60-62-63-61-47;/h41,44-45H,4-40H2,1-3H3,(H,56,67)(H,57,70)(H,58,68)(H,59,69)(H,71,72)(H,73,74)(H,75,76)(H,60,61,62,63);1H/t41-,44?,45?;/m1./s1. The number of sulfone groups is 1. The summed E-state index contributed by atoms with van der Waals surface area (Å²) < 4.78 is 35.7. The number of carbonyl (C=O) groups is 10. The first-order valence-corrected chi connectivity index (χ1v) is 30.8. The first kappa shape index (κ1) is 73.3. The van der Waals surface area contributed by atoms with Gasteiger partial charge in [-0.3, -0.25) is 38.4 Å². The fourth-order valence-electron chi connectivity index (χ4n) is 8.39. The van der Waals surface area contributed by atoms with Gasteiger partial charge in [0.2, 0.25) is 23.6 Å². The number of rotatable bonds is 53. The van der Waals surface area contributed by atoms with Gasteiger partial charge in [0, 0.05) is 77.9 Å². The van der Waals surface area contributed by atoms with Crippen molar-refractivity contribution in [3.05, 3.63) is 5.82 Å². The minimum atomic E-state index is -3.68. The van der Waals surface area contributed by atoms with E-state index in [1.54, 1.807) is 20.8 Å². The summed E-state index contributed by atoms with van der Waals surface area (Å²) in [6.45, 7) is 5.83. The fourth-order valence-corrected chi connectivity index (χ4v) is 9.76. The van der Waals surface area contributed by atoms with Crippen molar-refractivity contribution in [2.24, 2.45) is 11.3 Å². The van der Waals surface area contributed by atoms with E-state index in [1.165, 1.54) is 44.9 Å². The highest BCUT2D eigenvalue weighted by Crippen LogP contribution is 2.23. The Morgan fingerprint density at radius 1 is 0.543 bits per heavy atom. The molecule has 0 aromatic carbocycles. The summed E-state index contributed by atoms with van der Waals surface area (Å²) in [4.78, 5) is 122. The second-order valence-corrected chi connectivity index (χ2v) is 23.9. The van der Waals surface area contributed by atoms with Crippen LogP contribution in [-0.2, 0) is 73.7 Å². The minimum absolute atomic E-state index is 0. The van der Waals surface area contributed by atoms with Crippen molar-refractivity contribution in [2.45, 2.75) is 219 Å². The Hall–Kier alpha value is -5.76. The van der Waals surface area contributed by atoms with Crippen LogP contribution in [0.2, 0.25) is 0 Å². The zero-order valence-corrected chi connectivity index (χ0v) is 49.0. The molecule has 1 heterocycles. The normalized spacial score (nSPS) is 12.7. The van der Waals surface area contributed by atoms with Crippen LogP contribution in [0.1, 0.15) is 208 Å². The summed E-state index contributed by atoms with van der Waals surface area (Å²) in [5.74, 6) is -7.73. The number of aliphatic carboxylic acids is 3. The zero-order chi connectivity index (χ0) is 60.3. The summed E-state index contributed by atoms with van der Waals surface area (Å²) >= 11 is 0. The highest BCUT2D eigenvalue weighted by molar-refractivity contribution is 7.92. The lowest BCUT2D eigenvalue weighted by atomic mass is 9.84. The molecule has 0 fully saturated rings. The molecule has 464 valence electrons. The lowest BCUT2D eigenvalue weighted by molar-refractivity contribution is -0.145. The number of unbranched alkanes of at least 4 members (excludes halogenated alkanes) is 13. The van der Waals surface area contributed by atoms with Gasteiger partial charge in [0.05, 0.1) is 24.9 Å². The van der Waals surface area contributed by atoms with Gasteiger partial charge in [-0.2, -0.15) is 5.21 Å². The van der Waals surface area contributed by atoms with E-state index in [1.807, 2.05) is 0 Å². The highest BCUT2D eigenvalue weighted by atomic mass is 32.2. The van der Waals surface area contributed by atoms with Gasteiger partial charge in [-0.1, -0.05) is 103 Å². The maximum atomic E-state index is 12.6. The summed E-state index contributed by atoms with van der Waals surface area (Å²) in [6, 6.07) is -2.91. The molecule has 1 aromatic heterocycles. The first-order valence-electron chi connectivity index (χ1n) is 28.9. The number of nitrogens with one attached hydrogen (secondary N) is 5. The SMILES string of the molecule is CC(C)(C)C(=O)C[C@@H](CCCCNC(=O)COCCOCCCC(=O)CCC(NC(=O)CCC(NC(=O)CCCNC(=O)CCCS(=O)(=O)CC(=O)CCCCCCCCCCCCCCCc1nn[nH]n1)C(=O)O)C(=O)O)C(=O)O.[HH]. The Balaban J connectivity index is 0.0000656. The number of H-pyrrole nitrogens is 1. The fraction of sp³-hybridized carbons (Fsp3) is 0.800. The predicted octanol–water partition coefficient (Wildman–Crippen LogP) is 5.18. The molecule has 2 unspecified atom stereocenters. The Morgan fingerprint density at radius 2 is 1.07 bits per heavy atom. The Morgan fingerprint density at radius 3 is 1.65 bits per heavy atom. The number of hydrogen-bond acceptors (Lipinski definition) is 17. The topological polar surface area (TPSA) is 387 Å². The molecule has 25 nitrogen and oxygen atoms in total. The molecule has 0 bridgehead atoms. The molecule has 8 N–H and O–H groups in total. The van der Waals surface area contributed by atoms with E-state index in [-0.39, 0.29) is 128 Å². The number of carboxylic acids is 3. The first-order chi connectivity index (χ1) is 38.5. The van der Waals surface area contributed by atoms with Crippen molar-refractivity contribution in [3.8, 4) is 0 Å². The van der Waals surface area contributed by atoms with Crippen LogP contribution in [0.15, 0.2) is 0 Å². The number of ketones is 3. The van der Waals surface area contributed by atoms with Crippen LogP contribution in [0.25, 0.3) is 0 Å². The minimum Gasteiger partial charge on any atom is -0.481 e. The quantitative estimate of drug-likeness (QED) is 0.0389. The molecule has 0 aliphatic heterocycles. The average molecular weight is 1170 g/mol. The van der Waals surface area contributed by atoms with Crippen LogP contribution in [0.4, 0.5) is 0 Å². The van der Waals surface area contributed by atoms with Crippen molar-refractivity contribution in [1.82, 2.24) is 41.9 Å². The molecular formula is C55H96N8O17S. The van der Waals surface area contributed by atoms with Crippen LogP contribution in [0, 0.1) is 11.3 Å². The third-order valence-electron chi connectivity index (χ3n) is 13.3. The van der Waals surface area contributed by atoms with E-state index >= 15 is 0 Å². The molecule has 0 saturated carbocycles. The van der Waals surface area contributed by atoms with E-state index in [9.17, 15) is 71.7 Å². The Bertz CT molecular complexity index is 2160. The van der Waals surface area contributed by atoms with Crippen molar-refractivity contribution in [1.29, 1.82) is 0 Å². The van der Waals surface area contributed by atoms with Gasteiger partial charge in [-0.05, 0) is 57.8 Å². The van der Waals surface area contributed by atoms with Gasteiger partial charge in [0.25, 0.3) is 0 Å². The summed E-state index contributed by atoms with van der Waals surface area (Å²) in [5, 5.41) is 52.5. The van der Waals surface area contributed by atoms with Crippen molar-refractivity contribution < 1.29 is 82.6 Å². The number of Topliss-reactive ketones (excluding diaryl/α,β-unsaturated/α-hetero) is 3. The highest BCUT2D eigenvalue weighted by Gasteiger charge is 2.28. The average Bonchev–Trinajstić information content (AvgIpc) is 3.92. The number of ether oxygens (including phenoxy) is 2. The van der Waals surface area contributed by atoms with E-state index < -0.39 is 81.1 Å². The number of aromatic nitrogens is 4. The molecule has 0 spiro atoms. The number of nitrogens with zero attached hydrogens (tertiary/aromatic N) is 3. The summed E-state index contributed by atoms with van der Waals surface area (Å²) in [6.07, 6.45) is 15.8.